The third-order valence-electron chi connectivity index (χ3n) is 4.59. The van der Waals surface area contributed by atoms with E-state index in [1.54, 1.807) is 36.7 Å². The number of nitrogens with one attached hydrogen (secondary N) is 1. The molecule has 0 radical (unpaired) electrons. The monoisotopic (exact) mass is 422 g/mol. The van der Waals surface area contributed by atoms with E-state index in [-0.39, 0.29) is 18.3 Å². The number of rotatable bonds is 9. The van der Waals surface area contributed by atoms with Gasteiger partial charge in [0.15, 0.2) is 0 Å². The van der Waals surface area contributed by atoms with Crippen molar-refractivity contribution in [3.63, 3.8) is 0 Å². The Morgan fingerprint density at radius 2 is 1.77 bits per heavy atom. The van der Waals surface area contributed by atoms with Gasteiger partial charge in [0, 0.05) is 12.4 Å². The predicted octanol–water partition coefficient (Wildman–Crippen LogP) is 4.77. The standard InChI is InChI=1S/C24H23ClN2O3/c25-21-13-5-4-12-20(21)24(29)27-22(19-10-2-1-3-11-19)16-23(28)30-15-7-9-18-8-6-14-26-17-18/h1-6,8,10-14,17,22H,7,9,15-16H2,(H,27,29). The van der Waals surface area contributed by atoms with E-state index in [9.17, 15) is 9.59 Å². The van der Waals surface area contributed by atoms with Gasteiger partial charge in [-0.25, -0.2) is 0 Å². The lowest BCUT2D eigenvalue weighted by atomic mass is 10.0. The molecule has 3 rings (SSSR count). The van der Waals surface area contributed by atoms with Crippen molar-refractivity contribution >= 4 is 23.5 Å². The Hall–Kier alpha value is -3.18. The fourth-order valence-corrected chi connectivity index (χ4v) is 3.27. The van der Waals surface area contributed by atoms with Crippen molar-refractivity contribution < 1.29 is 14.3 Å². The van der Waals surface area contributed by atoms with Crippen LogP contribution in [0.2, 0.25) is 5.02 Å². The molecule has 1 unspecified atom stereocenters. The minimum Gasteiger partial charge on any atom is -0.466 e. The van der Waals surface area contributed by atoms with E-state index < -0.39 is 6.04 Å². The van der Waals surface area contributed by atoms with Crippen molar-refractivity contribution in [2.75, 3.05) is 6.61 Å². The van der Waals surface area contributed by atoms with E-state index in [0.29, 0.717) is 23.6 Å². The molecule has 0 saturated heterocycles. The maximum absolute atomic E-state index is 12.7. The van der Waals surface area contributed by atoms with Gasteiger partial charge in [-0.2, -0.15) is 0 Å². The zero-order chi connectivity index (χ0) is 21.2. The second-order valence-electron chi connectivity index (χ2n) is 6.81. The van der Waals surface area contributed by atoms with Crippen LogP contribution in [0, 0.1) is 0 Å². The van der Waals surface area contributed by atoms with E-state index in [1.165, 1.54) is 0 Å². The van der Waals surface area contributed by atoms with Crippen LogP contribution in [0.3, 0.4) is 0 Å². The van der Waals surface area contributed by atoms with Gasteiger partial charge in [0.05, 0.1) is 29.7 Å². The highest BCUT2D eigenvalue weighted by Crippen LogP contribution is 2.20. The number of aryl methyl sites for hydroxylation is 1. The summed E-state index contributed by atoms with van der Waals surface area (Å²) in [6.07, 6.45) is 5.06. The molecule has 2 aromatic carbocycles. The highest BCUT2D eigenvalue weighted by molar-refractivity contribution is 6.33. The van der Waals surface area contributed by atoms with Crippen LogP contribution in [0.5, 0.6) is 0 Å². The number of benzene rings is 2. The fraction of sp³-hybridized carbons (Fsp3) is 0.208. The van der Waals surface area contributed by atoms with Crippen LogP contribution >= 0.6 is 11.6 Å². The molecule has 0 aliphatic rings. The van der Waals surface area contributed by atoms with Gasteiger partial charge in [-0.05, 0) is 42.2 Å². The lowest BCUT2D eigenvalue weighted by Crippen LogP contribution is -2.31. The summed E-state index contributed by atoms with van der Waals surface area (Å²) in [4.78, 5) is 29.2. The van der Waals surface area contributed by atoms with Crippen LogP contribution in [-0.4, -0.2) is 23.5 Å². The van der Waals surface area contributed by atoms with Crippen LogP contribution in [0.15, 0.2) is 79.1 Å². The van der Waals surface area contributed by atoms with Crippen molar-refractivity contribution in [3.05, 3.63) is 101 Å². The van der Waals surface area contributed by atoms with Gasteiger partial charge in [-0.1, -0.05) is 60.1 Å². The summed E-state index contributed by atoms with van der Waals surface area (Å²) < 4.78 is 5.39. The number of aromatic nitrogens is 1. The van der Waals surface area contributed by atoms with E-state index >= 15 is 0 Å². The molecular formula is C24H23ClN2O3. The van der Waals surface area contributed by atoms with E-state index in [1.807, 2.05) is 42.5 Å². The summed E-state index contributed by atoms with van der Waals surface area (Å²) in [5.41, 5.74) is 2.29. The summed E-state index contributed by atoms with van der Waals surface area (Å²) in [5.74, 6) is -0.701. The first-order chi connectivity index (χ1) is 14.6. The number of esters is 1. The van der Waals surface area contributed by atoms with Crippen molar-refractivity contribution in [2.24, 2.45) is 0 Å². The lowest BCUT2D eigenvalue weighted by molar-refractivity contribution is -0.144. The van der Waals surface area contributed by atoms with Gasteiger partial charge in [-0.3, -0.25) is 14.6 Å². The second kappa shape index (κ2) is 11.1. The Morgan fingerprint density at radius 1 is 1.00 bits per heavy atom. The maximum atomic E-state index is 12.7. The molecule has 1 aromatic heterocycles. The van der Waals surface area contributed by atoms with Crippen LogP contribution in [0.4, 0.5) is 0 Å². The number of carbonyl (C=O) groups excluding carboxylic acids is 2. The third kappa shape index (κ3) is 6.42. The summed E-state index contributed by atoms with van der Waals surface area (Å²) in [5, 5.41) is 3.27. The summed E-state index contributed by atoms with van der Waals surface area (Å²) in [6, 6.07) is 19.5. The summed E-state index contributed by atoms with van der Waals surface area (Å²) >= 11 is 6.13. The summed E-state index contributed by atoms with van der Waals surface area (Å²) in [6.45, 7) is 0.313. The van der Waals surface area contributed by atoms with Gasteiger partial charge < -0.3 is 10.1 Å². The summed E-state index contributed by atoms with van der Waals surface area (Å²) in [7, 11) is 0. The van der Waals surface area contributed by atoms with Gasteiger partial charge in [0.25, 0.3) is 5.91 Å². The normalized spacial score (nSPS) is 11.5. The highest BCUT2D eigenvalue weighted by atomic mass is 35.5. The Balaban J connectivity index is 1.58. The number of nitrogens with zero attached hydrogens (tertiary/aromatic N) is 1. The van der Waals surface area contributed by atoms with Crippen LogP contribution in [0.1, 0.15) is 40.4 Å². The van der Waals surface area contributed by atoms with Crippen molar-refractivity contribution in [2.45, 2.75) is 25.3 Å². The van der Waals surface area contributed by atoms with Crippen molar-refractivity contribution in [1.82, 2.24) is 10.3 Å². The van der Waals surface area contributed by atoms with Gasteiger partial charge >= 0.3 is 5.97 Å². The average molecular weight is 423 g/mol. The number of hydrogen-bond acceptors (Lipinski definition) is 4. The minimum absolute atomic E-state index is 0.0348. The molecule has 0 aliphatic carbocycles. The number of ether oxygens (including phenoxy) is 1. The number of pyridine rings is 1. The average Bonchev–Trinajstić information content (AvgIpc) is 2.78. The minimum atomic E-state index is -0.513. The van der Waals surface area contributed by atoms with E-state index in [4.69, 9.17) is 16.3 Å². The lowest BCUT2D eigenvalue weighted by Gasteiger charge is -2.19. The third-order valence-corrected chi connectivity index (χ3v) is 4.92. The highest BCUT2D eigenvalue weighted by Gasteiger charge is 2.21. The predicted molar refractivity (Wildman–Crippen MR) is 116 cm³/mol. The molecule has 1 atom stereocenters. The van der Waals surface area contributed by atoms with Crippen molar-refractivity contribution in [1.29, 1.82) is 0 Å². The Bertz CT molecular complexity index is 964. The van der Waals surface area contributed by atoms with Crippen molar-refractivity contribution in [3.8, 4) is 0 Å². The number of carbonyl (C=O) groups is 2. The molecule has 1 heterocycles. The fourth-order valence-electron chi connectivity index (χ4n) is 3.05. The second-order valence-corrected chi connectivity index (χ2v) is 7.21. The Kier molecular flexibility index (Phi) is 7.98. The van der Waals surface area contributed by atoms with Crippen LogP contribution in [-0.2, 0) is 16.0 Å². The quantitative estimate of drug-likeness (QED) is 0.398. The van der Waals surface area contributed by atoms with Gasteiger partial charge in [0.1, 0.15) is 0 Å². The largest absolute Gasteiger partial charge is 0.466 e. The molecule has 6 heteroatoms. The number of amides is 1. The molecule has 1 amide bonds. The molecule has 1 N–H and O–H groups in total. The van der Waals surface area contributed by atoms with Gasteiger partial charge in [-0.15, -0.1) is 0 Å². The smallest absolute Gasteiger partial charge is 0.308 e. The maximum Gasteiger partial charge on any atom is 0.308 e. The Labute approximate surface area is 181 Å². The first-order valence-electron chi connectivity index (χ1n) is 9.78. The first kappa shape index (κ1) is 21.5. The Morgan fingerprint density at radius 3 is 2.50 bits per heavy atom. The zero-order valence-electron chi connectivity index (χ0n) is 16.5. The molecule has 0 spiro atoms. The van der Waals surface area contributed by atoms with E-state index in [0.717, 1.165) is 17.5 Å². The molecule has 0 bridgehead atoms. The van der Waals surface area contributed by atoms with Crippen LogP contribution in [0.25, 0.3) is 0 Å². The molecule has 5 nitrogen and oxygen atoms in total. The molecule has 0 fully saturated rings. The van der Waals surface area contributed by atoms with Crippen LogP contribution < -0.4 is 5.32 Å². The molecule has 0 aliphatic heterocycles. The SMILES string of the molecule is O=C(CC(NC(=O)c1ccccc1Cl)c1ccccc1)OCCCc1cccnc1. The molecule has 154 valence electrons. The van der Waals surface area contributed by atoms with Gasteiger partial charge in [0.2, 0.25) is 0 Å². The molecule has 3 aromatic rings. The zero-order valence-corrected chi connectivity index (χ0v) is 17.2. The topological polar surface area (TPSA) is 68.3 Å². The molecule has 30 heavy (non-hydrogen) atoms. The molecular weight excluding hydrogens is 400 g/mol. The number of hydrogen-bond donors (Lipinski definition) is 1. The molecule has 0 saturated carbocycles. The first-order valence-corrected chi connectivity index (χ1v) is 10.2. The van der Waals surface area contributed by atoms with E-state index in [2.05, 4.69) is 10.3 Å². The number of halogens is 1.